The number of hydrogen-bond donors (Lipinski definition) is 1. The molecule has 0 aliphatic heterocycles. The van der Waals surface area contributed by atoms with E-state index in [9.17, 15) is 0 Å². The molecule has 2 nitrogen and oxygen atoms in total. The fourth-order valence-electron chi connectivity index (χ4n) is 1.54. The highest BCUT2D eigenvalue weighted by molar-refractivity contribution is 5.35. The third kappa shape index (κ3) is 3.86. The molecule has 1 aromatic carbocycles. The Bertz CT molecular complexity index is 309. The molecule has 0 bridgehead atoms. The smallest absolute Gasteiger partial charge is 0.124 e. The minimum absolute atomic E-state index is 0.0789. The summed E-state index contributed by atoms with van der Waals surface area (Å²) in [6.45, 7) is 7.26. The summed E-state index contributed by atoms with van der Waals surface area (Å²) < 4.78 is 5.79. The summed E-state index contributed by atoms with van der Waals surface area (Å²) in [4.78, 5) is 0. The molecule has 0 saturated carbocycles. The standard InChI is InChI=1S/C14H23NO/c1-4-13(15)12-7-5-6-8-14(12)16-10-9-11(2)3/h5-8,11,13H,4,9-10,15H2,1-3H3/t13-/m0/s1. The van der Waals surface area contributed by atoms with Gasteiger partial charge in [0.2, 0.25) is 0 Å². The Morgan fingerprint density at radius 3 is 2.56 bits per heavy atom. The van der Waals surface area contributed by atoms with Crippen molar-refractivity contribution in [3.63, 3.8) is 0 Å². The fraction of sp³-hybridized carbons (Fsp3) is 0.571. The highest BCUT2D eigenvalue weighted by Crippen LogP contribution is 2.25. The van der Waals surface area contributed by atoms with Gasteiger partial charge in [-0.2, -0.15) is 0 Å². The predicted molar refractivity (Wildman–Crippen MR) is 68.6 cm³/mol. The lowest BCUT2D eigenvalue weighted by atomic mass is 10.0. The van der Waals surface area contributed by atoms with Crippen molar-refractivity contribution in [2.75, 3.05) is 6.61 Å². The van der Waals surface area contributed by atoms with E-state index in [0.717, 1.165) is 30.8 Å². The van der Waals surface area contributed by atoms with Gasteiger partial charge in [-0.25, -0.2) is 0 Å². The number of hydrogen-bond acceptors (Lipinski definition) is 2. The zero-order chi connectivity index (χ0) is 12.0. The van der Waals surface area contributed by atoms with Crippen LogP contribution in [0.2, 0.25) is 0 Å². The van der Waals surface area contributed by atoms with Crippen LogP contribution in [-0.2, 0) is 0 Å². The zero-order valence-corrected chi connectivity index (χ0v) is 10.6. The summed E-state index contributed by atoms with van der Waals surface area (Å²) in [5.41, 5.74) is 7.17. The maximum atomic E-state index is 6.05. The summed E-state index contributed by atoms with van der Waals surface area (Å²) >= 11 is 0. The van der Waals surface area contributed by atoms with Gasteiger partial charge in [0.15, 0.2) is 0 Å². The molecular formula is C14H23NO. The van der Waals surface area contributed by atoms with E-state index in [1.54, 1.807) is 0 Å². The van der Waals surface area contributed by atoms with Crippen molar-refractivity contribution >= 4 is 0 Å². The molecule has 1 rings (SSSR count). The molecule has 0 radical (unpaired) electrons. The van der Waals surface area contributed by atoms with E-state index >= 15 is 0 Å². The van der Waals surface area contributed by atoms with E-state index in [-0.39, 0.29) is 6.04 Å². The molecule has 0 fully saturated rings. The Labute approximate surface area is 98.8 Å². The molecule has 0 aliphatic rings. The third-order valence-electron chi connectivity index (χ3n) is 2.71. The SMILES string of the molecule is CC[C@H](N)c1ccccc1OCCC(C)C. The van der Waals surface area contributed by atoms with E-state index in [1.165, 1.54) is 0 Å². The fourth-order valence-corrected chi connectivity index (χ4v) is 1.54. The second-order valence-electron chi connectivity index (χ2n) is 4.58. The van der Waals surface area contributed by atoms with Gasteiger partial charge < -0.3 is 10.5 Å². The first kappa shape index (κ1) is 13.0. The van der Waals surface area contributed by atoms with E-state index < -0.39 is 0 Å². The predicted octanol–water partition coefficient (Wildman–Crippen LogP) is 3.52. The van der Waals surface area contributed by atoms with Crippen LogP contribution in [0.5, 0.6) is 5.75 Å². The van der Waals surface area contributed by atoms with Crippen LogP contribution >= 0.6 is 0 Å². The molecule has 16 heavy (non-hydrogen) atoms. The Morgan fingerprint density at radius 1 is 1.25 bits per heavy atom. The topological polar surface area (TPSA) is 35.2 Å². The second-order valence-corrected chi connectivity index (χ2v) is 4.58. The van der Waals surface area contributed by atoms with Gasteiger partial charge in [-0.15, -0.1) is 0 Å². The van der Waals surface area contributed by atoms with E-state index in [4.69, 9.17) is 10.5 Å². The summed E-state index contributed by atoms with van der Waals surface area (Å²) in [5, 5.41) is 0. The van der Waals surface area contributed by atoms with E-state index in [2.05, 4.69) is 26.8 Å². The molecule has 0 spiro atoms. The highest BCUT2D eigenvalue weighted by Gasteiger charge is 2.09. The Kier molecular flexibility index (Phi) is 5.33. The molecule has 0 aromatic heterocycles. The molecule has 0 amide bonds. The van der Waals surface area contributed by atoms with Crippen molar-refractivity contribution in [2.45, 2.75) is 39.7 Å². The molecule has 0 aliphatic carbocycles. The van der Waals surface area contributed by atoms with Crippen LogP contribution < -0.4 is 10.5 Å². The van der Waals surface area contributed by atoms with Gasteiger partial charge in [0.05, 0.1) is 6.61 Å². The van der Waals surface area contributed by atoms with Gasteiger partial charge in [0.25, 0.3) is 0 Å². The first-order chi connectivity index (χ1) is 7.65. The first-order valence-electron chi connectivity index (χ1n) is 6.12. The van der Waals surface area contributed by atoms with Crippen LogP contribution in [0.15, 0.2) is 24.3 Å². The van der Waals surface area contributed by atoms with Crippen LogP contribution in [0.1, 0.15) is 45.2 Å². The van der Waals surface area contributed by atoms with Crippen molar-refractivity contribution in [1.82, 2.24) is 0 Å². The Balaban J connectivity index is 2.64. The van der Waals surface area contributed by atoms with Crippen molar-refractivity contribution < 1.29 is 4.74 Å². The summed E-state index contributed by atoms with van der Waals surface area (Å²) in [7, 11) is 0. The Morgan fingerprint density at radius 2 is 1.94 bits per heavy atom. The van der Waals surface area contributed by atoms with Crippen molar-refractivity contribution in [1.29, 1.82) is 0 Å². The lowest BCUT2D eigenvalue weighted by Gasteiger charge is -2.16. The van der Waals surface area contributed by atoms with Crippen LogP contribution in [0.3, 0.4) is 0 Å². The van der Waals surface area contributed by atoms with E-state index in [0.29, 0.717) is 5.92 Å². The first-order valence-corrected chi connectivity index (χ1v) is 6.12. The molecule has 0 saturated heterocycles. The lowest BCUT2D eigenvalue weighted by Crippen LogP contribution is -2.11. The van der Waals surface area contributed by atoms with Crippen LogP contribution in [0, 0.1) is 5.92 Å². The molecule has 2 N–H and O–H groups in total. The van der Waals surface area contributed by atoms with Crippen LogP contribution in [0.4, 0.5) is 0 Å². The summed E-state index contributed by atoms with van der Waals surface area (Å²) in [5.74, 6) is 1.62. The lowest BCUT2D eigenvalue weighted by molar-refractivity contribution is 0.285. The van der Waals surface area contributed by atoms with Crippen molar-refractivity contribution in [3.05, 3.63) is 29.8 Å². The molecule has 2 heteroatoms. The van der Waals surface area contributed by atoms with Crippen molar-refractivity contribution in [3.8, 4) is 5.75 Å². The largest absolute Gasteiger partial charge is 0.493 e. The molecule has 1 atom stereocenters. The molecule has 90 valence electrons. The average molecular weight is 221 g/mol. The maximum Gasteiger partial charge on any atom is 0.124 e. The summed E-state index contributed by atoms with van der Waals surface area (Å²) in [6.07, 6.45) is 2.01. The zero-order valence-electron chi connectivity index (χ0n) is 10.6. The quantitative estimate of drug-likeness (QED) is 0.797. The molecule has 0 heterocycles. The van der Waals surface area contributed by atoms with Gasteiger partial charge >= 0.3 is 0 Å². The number of nitrogens with two attached hydrogens (primary N) is 1. The molecule has 0 unspecified atom stereocenters. The Hall–Kier alpha value is -1.02. The van der Waals surface area contributed by atoms with Crippen LogP contribution in [0.25, 0.3) is 0 Å². The minimum atomic E-state index is 0.0789. The van der Waals surface area contributed by atoms with Gasteiger partial charge in [-0.05, 0) is 24.8 Å². The number of rotatable bonds is 6. The third-order valence-corrected chi connectivity index (χ3v) is 2.71. The maximum absolute atomic E-state index is 6.05. The number of ether oxygens (including phenoxy) is 1. The van der Waals surface area contributed by atoms with Gasteiger partial charge in [0.1, 0.15) is 5.75 Å². The van der Waals surface area contributed by atoms with Gasteiger partial charge in [-0.3, -0.25) is 0 Å². The van der Waals surface area contributed by atoms with E-state index in [1.807, 2.05) is 18.2 Å². The average Bonchev–Trinajstić information content (AvgIpc) is 2.28. The molecular weight excluding hydrogens is 198 g/mol. The number of para-hydroxylation sites is 1. The monoisotopic (exact) mass is 221 g/mol. The van der Waals surface area contributed by atoms with Gasteiger partial charge in [-0.1, -0.05) is 39.0 Å². The van der Waals surface area contributed by atoms with Crippen molar-refractivity contribution in [2.24, 2.45) is 11.7 Å². The molecule has 1 aromatic rings. The number of benzene rings is 1. The van der Waals surface area contributed by atoms with Gasteiger partial charge in [0, 0.05) is 11.6 Å². The normalized spacial score (nSPS) is 12.8. The minimum Gasteiger partial charge on any atom is -0.493 e. The second kappa shape index (κ2) is 6.54. The van der Waals surface area contributed by atoms with Crippen LogP contribution in [-0.4, -0.2) is 6.61 Å². The highest BCUT2D eigenvalue weighted by atomic mass is 16.5. The summed E-state index contributed by atoms with van der Waals surface area (Å²) in [6, 6.07) is 8.15.